The molecule has 1 aromatic carbocycles. The van der Waals surface area contributed by atoms with Gasteiger partial charge in [-0.3, -0.25) is 0 Å². The lowest BCUT2D eigenvalue weighted by atomic mass is 9.93. The molecule has 0 aromatic heterocycles. The highest BCUT2D eigenvalue weighted by atomic mass is 16.5. The molecule has 1 rings (SSSR count). The van der Waals surface area contributed by atoms with E-state index in [4.69, 9.17) is 10.5 Å². The fraction of sp³-hybridized carbons (Fsp3) is 0.538. The molecule has 2 heteroatoms. The summed E-state index contributed by atoms with van der Waals surface area (Å²) in [5.74, 6) is 1.44. The molecule has 1 aromatic rings. The zero-order valence-electron chi connectivity index (χ0n) is 9.92. The summed E-state index contributed by atoms with van der Waals surface area (Å²) in [6.07, 6.45) is 2.33. The van der Waals surface area contributed by atoms with Crippen molar-refractivity contribution < 1.29 is 4.74 Å². The van der Waals surface area contributed by atoms with Crippen molar-refractivity contribution >= 4 is 0 Å². The number of rotatable bonds is 5. The van der Waals surface area contributed by atoms with Gasteiger partial charge in [-0.1, -0.05) is 25.5 Å². The second-order valence-corrected chi connectivity index (χ2v) is 3.95. The average Bonchev–Trinajstić information content (AvgIpc) is 2.25. The molecule has 84 valence electrons. The molecule has 0 amide bonds. The molecule has 0 spiro atoms. The lowest BCUT2D eigenvalue weighted by Gasteiger charge is -2.15. The minimum absolute atomic E-state index is 0.486. The Morgan fingerprint density at radius 3 is 2.60 bits per heavy atom. The normalized spacial score (nSPS) is 12.5. The minimum Gasteiger partial charge on any atom is -0.496 e. The van der Waals surface area contributed by atoms with Crippen LogP contribution < -0.4 is 10.5 Å². The van der Waals surface area contributed by atoms with E-state index < -0.39 is 0 Å². The van der Waals surface area contributed by atoms with Crippen LogP contribution in [0.4, 0.5) is 0 Å². The SMILES string of the molecule is CCCC(CN)c1ccc(OC)c(C)c1. The number of methoxy groups -OCH3 is 1. The number of benzene rings is 1. The quantitative estimate of drug-likeness (QED) is 0.805. The zero-order valence-corrected chi connectivity index (χ0v) is 9.92. The summed E-state index contributed by atoms with van der Waals surface area (Å²) >= 11 is 0. The third kappa shape index (κ3) is 2.96. The molecule has 0 saturated carbocycles. The fourth-order valence-corrected chi connectivity index (χ4v) is 1.92. The summed E-state index contributed by atoms with van der Waals surface area (Å²) < 4.78 is 5.24. The molecule has 0 aliphatic heterocycles. The first-order valence-corrected chi connectivity index (χ1v) is 5.57. The van der Waals surface area contributed by atoms with Crippen molar-refractivity contribution in [1.29, 1.82) is 0 Å². The van der Waals surface area contributed by atoms with Gasteiger partial charge in [-0.05, 0) is 43.0 Å². The average molecular weight is 207 g/mol. The Balaban J connectivity index is 2.89. The predicted octanol–water partition coefficient (Wildman–Crippen LogP) is 2.85. The van der Waals surface area contributed by atoms with Gasteiger partial charge in [-0.25, -0.2) is 0 Å². The summed E-state index contributed by atoms with van der Waals surface area (Å²) in [7, 11) is 1.70. The molecule has 15 heavy (non-hydrogen) atoms. The largest absolute Gasteiger partial charge is 0.496 e. The lowest BCUT2D eigenvalue weighted by Crippen LogP contribution is -2.12. The van der Waals surface area contributed by atoms with Crippen molar-refractivity contribution in [2.45, 2.75) is 32.6 Å². The Hall–Kier alpha value is -1.02. The summed E-state index contributed by atoms with van der Waals surface area (Å²) in [6, 6.07) is 6.34. The van der Waals surface area contributed by atoms with E-state index >= 15 is 0 Å². The van der Waals surface area contributed by atoms with Crippen molar-refractivity contribution in [1.82, 2.24) is 0 Å². The first-order valence-electron chi connectivity index (χ1n) is 5.57. The van der Waals surface area contributed by atoms with Crippen molar-refractivity contribution in [3.05, 3.63) is 29.3 Å². The van der Waals surface area contributed by atoms with Gasteiger partial charge in [-0.2, -0.15) is 0 Å². The van der Waals surface area contributed by atoms with Crippen LogP contribution in [0.3, 0.4) is 0 Å². The Morgan fingerprint density at radius 2 is 2.13 bits per heavy atom. The molecule has 0 aliphatic rings. The molecular formula is C13H21NO. The van der Waals surface area contributed by atoms with E-state index in [1.807, 2.05) is 6.07 Å². The Labute approximate surface area is 92.4 Å². The second kappa shape index (κ2) is 5.76. The molecule has 0 heterocycles. The van der Waals surface area contributed by atoms with Crippen LogP contribution >= 0.6 is 0 Å². The van der Waals surface area contributed by atoms with Gasteiger partial charge < -0.3 is 10.5 Å². The van der Waals surface area contributed by atoms with Crippen LogP contribution in [0.5, 0.6) is 5.75 Å². The topological polar surface area (TPSA) is 35.2 Å². The van der Waals surface area contributed by atoms with E-state index in [1.165, 1.54) is 17.5 Å². The highest BCUT2D eigenvalue weighted by Gasteiger charge is 2.09. The molecule has 0 fully saturated rings. The number of hydrogen-bond acceptors (Lipinski definition) is 2. The van der Waals surface area contributed by atoms with Crippen molar-refractivity contribution in [3.8, 4) is 5.75 Å². The Morgan fingerprint density at radius 1 is 1.40 bits per heavy atom. The molecule has 0 saturated heterocycles. The number of aryl methyl sites for hydroxylation is 1. The van der Waals surface area contributed by atoms with Gasteiger partial charge in [-0.15, -0.1) is 0 Å². The second-order valence-electron chi connectivity index (χ2n) is 3.95. The monoisotopic (exact) mass is 207 g/mol. The van der Waals surface area contributed by atoms with Crippen LogP contribution in [0.2, 0.25) is 0 Å². The maximum absolute atomic E-state index is 5.78. The standard InChI is InChI=1S/C13H21NO/c1-4-5-12(9-14)11-6-7-13(15-3)10(2)8-11/h6-8,12H,4-5,9,14H2,1-3H3. The molecule has 0 radical (unpaired) electrons. The molecule has 1 unspecified atom stereocenters. The van der Waals surface area contributed by atoms with Crippen LogP contribution in [-0.4, -0.2) is 13.7 Å². The molecule has 2 N–H and O–H groups in total. The minimum atomic E-state index is 0.486. The van der Waals surface area contributed by atoms with Crippen LogP contribution in [-0.2, 0) is 0 Å². The van der Waals surface area contributed by atoms with Gasteiger partial charge in [0, 0.05) is 0 Å². The van der Waals surface area contributed by atoms with Crippen LogP contribution in [0.1, 0.15) is 36.8 Å². The van der Waals surface area contributed by atoms with Crippen LogP contribution in [0.15, 0.2) is 18.2 Å². The molecule has 0 aliphatic carbocycles. The van der Waals surface area contributed by atoms with Gasteiger partial charge in [0.1, 0.15) is 5.75 Å². The summed E-state index contributed by atoms with van der Waals surface area (Å²) in [5.41, 5.74) is 8.30. The first kappa shape index (κ1) is 12.1. The van der Waals surface area contributed by atoms with E-state index in [0.717, 1.165) is 18.7 Å². The smallest absolute Gasteiger partial charge is 0.121 e. The van der Waals surface area contributed by atoms with Gasteiger partial charge in [0.25, 0.3) is 0 Å². The summed E-state index contributed by atoms with van der Waals surface area (Å²) in [5, 5.41) is 0. The molecular weight excluding hydrogens is 186 g/mol. The van der Waals surface area contributed by atoms with E-state index in [9.17, 15) is 0 Å². The summed E-state index contributed by atoms with van der Waals surface area (Å²) in [4.78, 5) is 0. The maximum Gasteiger partial charge on any atom is 0.121 e. The van der Waals surface area contributed by atoms with E-state index in [1.54, 1.807) is 7.11 Å². The predicted molar refractivity (Wildman–Crippen MR) is 64.4 cm³/mol. The lowest BCUT2D eigenvalue weighted by molar-refractivity contribution is 0.411. The van der Waals surface area contributed by atoms with Crippen LogP contribution in [0.25, 0.3) is 0 Å². The Kier molecular flexibility index (Phi) is 4.63. The Bertz CT molecular complexity index is 309. The third-order valence-corrected chi connectivity index (χ3v) is 2.81. The van der Waals surface area contributed by atoms with Gasteiger partial charge in [0.2, 0.25) is 0 Å². The van der Waals surface area contributed by atoms with Gasteiger partial charge >= 0.3 is 0 Å². The fourth-order valence-electron chi connectivity index (χ4n) is 1.92. The van der Waals surface area contributed by atoms with Crippen LogP contribution in [0, 0.1) is 6.92 Å². The molecule has 0 bridgehead atoms. The zero-order chi connectivity index (χ0) is 11.3. The van der Waals surface area contributed by atoms with Crippen molar-refractivity contribution in [2.75, 3.05) is 13.7 Å². The highest BCUT2D eigenvalue weighted by Crippen LogP contribution is 2.25. The maximum atomic E-state index is 5.78. The van der Waals surface area contributed by atoms with E-state index in [2.05, 4.69) is 26.0 Å². The highest BCUT2D eigenvalue weighted by molar-refractivity contribution is 5.37. The van der Waals surface area contributed by atoms with E-state index in [0.29, 0.717) is 5.92 Å². The van der Waals surface area contributed by atoms with Crippen molar-refractivity contribution in [2.24, 2.45) is 5.73 Å². The summed E-state index contributed by atoms with van der Waals surface area (Å²) in [6.45, 7) is 4.99. The van der Waals surface area contributed by atoms with E-state index in [-0.39, 0.29) is 0 Å². The number of hydrogen-bond donors (Lipinski definition) is 1. The van der Waals surface area contributed by atoms with Crippen molar-refractivity contribution in [3.63, 3.8) is 0 Å². The first-order chi connectivity index (χ1) is 7.22. The van der Waals surface area contributed by atoms with Gasteiger partial charge in [0.15, 0.2) is 0 Å². The van der Waals surface area contributed by atoms with Gasteiger partial charge in [0.05, 0.1) is 7.11 Å². The third-order valence-electron chi connectivity index (χ3n) is 2.81. The number of nitrogens with two attached hydrogens (primary N) is 1. The number of ether oxygens (including phenoxy) is 1. The molecule has 1 atom stereocenters. The molecule has 2 nitrogen and oxygen atoms in total.